The van der Waals surface area contributed by atoms with Crippen molar-refractivity contribution in [2.75, 3.05) is 0 Å². The van der Waals surface area contributed by atoms with Gasteiger partial charge in [-0.05, 0) is 12.8 Å². The van der Waals surface area contributed by atoms with Crippen LogP contribution in [0.5, 0.6) is 0 Å². The monoisotopic (exact) mass is 489 g/mol. The average molecular weight is 490 g/mol. The van der Waals surface area contributed by atoms with E-state index >= 15 is 0 Å². The van der Waals surface area contributed by atoms with Gasteiger partial charge in [-0.2, -0.15) is 0 Å². The van der Waals surface area contributed by atoms with Crippen molar-refractivity contribution in [1.29, 1.82) is 0 Å². The second kappa shape index (κ2) is 28.4. The minimum Gasteiger partial charge on any atom is -0.465 e. The molecular weight excluding hydrogens is 430 g/mol. The Hall–Kier alpha value is -0.850. The van der Waals surface area contributed by atoms with E-state index in [0.717, 1.165) is 25.7 Å². The van der Waals surface area contributed by atoms with Crippen LogP contribution in [0.25, 0.3) is 0 Å². The molecule has 0 bridgehead atoms. The van der Waals surface area contributed by atoms with Gasteiger partial charge in [-0.25, -0.2) is 4.79 Å². The van der Waals surface area contributed by atoms with Crippen molar-refractivity contribution >= 4 is 6.09 Å². The molecule has 0 aliphatic carbocycles. The van der Waals surface area contributed by atoms with Gasteiger partial charge in [0.1, 0.15) is 6.10 Å². The lowest BCUT2D eigenvalue weighted by molar-refractivity contribution is -0.0653. The van der Waals surface area contributed by atoms with Crippen LogP contribution >= 0.6 is 0 Å². The van der Waals surface area contributed by atoms with Crippen molar-refractivity contribution in [1.82, 2.24) is 0 Å². The maximum Gasteiger partial charge on any atom is 0.402 e. The van der Waals surface area contributed by atoms with E-state index in [1.807, 2.05) is 0 Å². The fourth-order valence-electron chi connectivity index (χ4n) is 4.28. The van der Waals surface area contributed by atoms with Crippen LogP contribution in [0.4, 0.5) is 4.79 Å². The third-order valence-electron chi connectivity index (χ3n) is 6.50. The second-order valence-corrected chi connectivity index (χ2v) is 9.90. The quantitative estimate of drug-likeness (QED) is 0.0909. The summed E-state index contributed by atoms with van der Waals surface area (Å²) in [5, 5.41) is 37.7. The number of nitrogens with two attached hydrogens (primary N) is 1. The van der Waals surface area contributed by atoms with Gasteiger partial charge >= 0.3 is 6.09 Å². The van der Waals surface area contributed by atoms with Gasteiger partial charge in [0.05, 0.1) is 12.2 Å². The first-order valence-corrected chi connectivity index (χ1v) is 14.4. The smallest absolute Gasteiger partial charge is 0.402 e. The Labute approximate surface area is 210 Å². The number of hydrogen-bond donors (Lipinski definition) is 5. The predicted molar refractivity (Wildman–Crippen MR) is 143 cm³/mol. The van der Waals surface area contributed by atoms with Crippen molar-refractivity contribution in [2.45, 2.75) is 173 Å². The molecule has 2 unspecified atom stereocenters. The van der Waals surface area contributed by atoms with Crippen LogP contribution in [-0.2, 0) is 0 Å². The minimum absolute atomic E-state index is 0.604. The third-order valence-corrected chi connectivity index (χ3v) is 6.50. The summed E-state index contributed by atoms with van der Waals surface area (Å²) in [5.41, 5.74) is 4.03. The molecule has 206 valence electrons. The van der Waals surface area contributed by atoms with E-state index in [0.29, 0.717) is 12.8 Å². The Morgan fingerprint density at radius 3 is 0.971 bits per heavy atom. The zero-order valence-corrected chi connectivity index (χ0v) is 22.6. The molecule has 1 amide bonds. The molecule has 0 aromatic heterocycles. The summed E-state index contributed by atoms with van der Waals surface area (Å²) in [4.78, 5) is 8.78. The van der Waals surface area contributed by atoms with E-state index in [1.165, 1.54) is 103 Å². The van der Waals surface area contributed by atoms with E-state index in [9.17, 15) is 15.3 Å². The number of amides is 1. The molecule has 0 fully saturated rings. The molecule has 34 heavy (non-hydrogen) atoms. The Kier molecular flexibility index (Phi) is 29.5. The fraction of sp³-hybridized carbons (Fsp3) is 0.964. The molecule has 2 atom stereocenters. The maximum atomic E-state index is 10.2. The molecular formula is C28H59NO5. The Morgan fingerprint density at radius 2 is 0.735 bits per heavy atom. The predicted octanol–water partition coefficient (Wildman–Crippen LogP) is 7.31. The average Bonchev–Trinajstić information content (AvgIpc) is 2.80. The standard InChI is InChI=1S/C27H56O3.CH3NO2/c1-3-5-7-9-11-13-15-17-19-21-23-25(28)27(30)26(29)24-22-20-18-16-14-12-10-8-6-4-2;2-1(3)4/h25-30H,3-24H2,1-2H3;2H2,(H,3,4). The lowest BCUT2D eigenvalue weighted by Gasteiger charge is -2.23. The first-order chi connectivity index (χ1) is 16.4. The van der Waals surface area contributed by atoms with Crippen molar-refractivity contribution in [3.63, 3.8) is 0 Å². The molecule has 0 aromatic carbocycles. The zero-order valence-electron chi connectivity index (χ0n) is 22.6. The molecule has 0 saturated heterocycles. The Bertz CT molecular complexity index is 374. The summed E-state index contributed by atoms with van der Waals surface area (Å²) in [6.07, 6.45) is 22.7. The van der Waals surface area contributed by atoms with E-state index in [1.54, 1.807) is 0 Å². The van der Waals surface area contributed by atoms with Crippen LogP contribution in [0.3, 0.4) is 0 Å². The molecule has 0 rings (SSSR count). The van der Waals surface area contributed by atoms with Gasteiger partial charge in [-0.15, -0.1) is 0 Å². The Balaban J connectivity index is 0. The summed E-state index contributed by atoms with van der Waals surface area (Å²) in [6.45, 7) is 4.50. The molecule has 6 heteroatoms. The highest BCUT2D eigenvalue weighted by Crippen LogP contribution is 2.17. The zero-order chi connectivity index (χ0) is 25.9. The highest BCUT2D eigenvalue weighted by atomic mass is 16.4. The van der Waals surface area contributed by atoms with E-state index < -0.39 is 24.4 Å². The summed E-state index contributed by atoms with van der Waals surface area (Å²) in [7, 11) is 0. The van der Waals surface area contributed by atoms with Crippen LogP contribution < -0.4 is 5.73 Å². The van der Waals surface area contributed by atoms with Crippen molar-refractivity contribution < 1.29 is 25.2 Å². The number of aliphatic hydroxyl groups excluding tert-OH is 3. The van der Waals surface area contributed by atoms with Crippen LogP contribution in [0, 0.1) is 0 Å². The second-order valence-electron chi connectivity index (χ2n) is 9.90. The third kappa shape index (κ3) is 29.2. The summed E-state index contributed by atoms with van der Waals surface area (Å²) in [5.74, 6) is 0. The number of hydrogen-bond acceptors (Lipinski definition) is 4. The minimum atomic E-state index is -1.33. The van der Waals surface area contributed by atoms with Crippen LogP contribution in [0.15, 0.2) is 0 Å². The molecule has 0 saturated carbocycles. The molecule has 0 radical (unpaired) electrons. The van der Waals surface area contributed by atoms with E-state index in [4.69, 9.17) is 9.90 Å². The normalized spacial score (nSPS) is 13.7. The first kappa shape index (κ1) is 35.3. The van der Waals surface area contributed by atoms with Gasteiger partial charge in [-0.3, -0.25) is 0 Å². The highest BCUT2D eigenvalue weighted by molar-refractivity contribution is 5.61. The summed E-state index contributed by atoms with van der Waals surface area (Å²) in [6, 6.07) is 0. The molecule has 0 aliphatic heterocycles. The number of rotatable bonds is 24. The van der Waals surface area contributed by atoms with Gasteiger partial charge in [-0.1, -0.05) is 142 Å². The fourth-order valence-corrected chi connectivity index (χ4v) is 4.28. The largest absolute Gasteiger partial charge is 0.465 e. The van der Waals surface area contributed by atoms with E-state index in [2.05, 4.69) is 19.6 Å². The van der Waals surface area contributed by atoms with Crippen molar-refractivity contribution in [3.05, 3.63) is 0 Å². The summed E-state index contributed by atoms with van der Waals surface area (Å²) < 4.78 is 0. The van der Waals surface area contributed by atoms with Crippen LogP contribution in [0.2, 0.25) is 0 Å². The lowest BCUT2D eigenvalue weighted by Crippen LogP contribution is -2.37. The first-order valence-electron chi connectivity index (χ1n) is 14.4. The number of aliphatic hydroxyl groups is 3. The van der Waals surface area contributed by atoms with Gasteiger partial charge in [0.2, 0.25) is 0 Å². The highest BCUT2D eigenvalue weighted by Gasteiger charge is 2.23. The van der Waals surface area contributed by atoms with Gasteiger partial charge in [0.15, 0.2) is 0 Å². The number of primary amides is 1. The van der Waals surface area contributed by atoms with Gasteiger partial charge < -0.3 is 26.2 Å². The number of carboxylic acid groups (broad SMARTS) is 1. The molecule has 0 aliphatic rings. The van der Waals surface area contributed by atoms with Crippen LogP contribution in [-0.4, -0.2) is 44.8 Å². The van der Waals surface area contributed by atoms with Crippen LogP contribution in [0.1, 0.15) is 155 Å². The van der Waals surface area contributed by atoms with Gasteiger partial charge in [0, 0.05) is 0 Å². The van der Waals surface area contributed by atoms with Crippen molar-refractivity contribution in [2.24, 2.45) is 5.73 Å². The number of carbonyl (C=O) groups is 1. The maximum absolute atomic E-state index is 10.2. The summed E-state index contributed by atoms with van der Waals surface area (Å²) >= 11 is 0. The molecule has 0 heterocycles. The Morgan fingerprint density at radius 1 is 0.529 bits per heavy atom. The SMILES string of the molecule is CCCCCCCCCCCCC(O)C(O)C(O)CCCCCCCCCCCC.NC(=O)O. The topological polar surface area (TPSA) is 124 Å². The molecule has 0 spiro atoms. The van der Waals surface area contributed by atoms with E-state index in [-0.39, 0.29) is 0 Å². The molecule has 6 nitrogen and oxygen atoms in total. The lowest BCUT2D eigenvalue weighted by atomic mass is 9.97. The molecule has 0 aromatic rings. The molecule has 6 N–H and O–H groups in total. The number of unbranched alkanes of at least 4 members (excludes halogenated alkanes) is 18. The van der Waals surface area contributed by atoms with Gasteiger partial charge in [0.25, 0.3) is 0 Å². The van der Waals surface area contributed by atoms with Crippen molar-refractivity contribution in [3.8, 4) is 0 Å².